The molecule has 0 amide bonds. The van der Waals surface area contributed by atoms with Crippen molar-refractivity contribution in [1.29, 1.82) is 0 Å². The van der Waals surface area contributed by atoms with Gasteiger partial charge in [0.15, 0.2) is 0 Å². The van der Waals surface area contributed by atoms with Crippen LogP contribution in [0.5, 0.6) is 0 Å². The van der Waals surface area contributed by atoms with E-state index in [1.54, 1.807) is 0 Å². The second-order valence-electron chi connectivity index (χ2n) is 7.01. The quantitative estimate of drug-likeness (QED) is 0.603. The molecule has 0 saturated heterocycles. The van der Waals surface area contributed by atoms with Crippen molar-refractivity contribution in [3.63, 3.8) is 0 Å². The molecular weight excluding hydrogens is 266 g/mol. The maximum Gasteiger partial charge on any atom is 0.325 e. The first-order chi connectivity index (χ1) is 9.81. The van der Waals surface area contributed by atoms with Crippen LogP contribution < -0.4 is 5.32 Å². The van der Waals surface area contributed by atoms with Crippen molar-refractivity contribution in [1.82, 2.24) is 15.1 Å². The third-order valence-electron chi connectivity index (χ3n) is 4.11. The highest BCUT2D eigenvalue weighted by Crippen LogP contribution is 2.40. The van der Waals surface area contributed by atoms with Crippen molar-refractivity contribution in [3.8, 4) is 0 Å². The van der Waals surface area contributed by atoms with Gasteiger partial charge >= 0.3 is 5.97 Å². The van der Waals surface area contributed by atoms with Gasteiger partial charge in [-0.3, -0.25) is 9.69 Å². The zero-order chi connectivity index (χ0) is 16.0. The summed E-state index contributed by atoms with van der Waals surface area (Å²) in [7, 11) is 4.12. The lowest BCUT2D eigenvalue weighted by Crippen LogP contribution is -2.61. The van der Waals surface area contributed by atoms with E-state index in [0.717, 1.165) is 32.5 Å². The molecule has 1 saturated carbocycles. The number of carboxylic acid groups (broad SMARTS) is 1. The molecule has 0 bridgehead atoms. The molecule has 0 aromatic carbocycles. The summed E-state index contributed by atoms with van der Waals surface area (Å²) in [6.45, 7) is 10.5. The Hall–Kier alpha value is -0.650. The van der Waals surface area contributed by atoms with E-state index >= 15 is 0 Å². The number of carboxylic acids is 1. The lowest BCUT2D eigenvalue weighted by molar-refractivity contribution is -0.147. The van der Waals surface area contributed by atoms with Crippen molar-refractivity contribution < 1.29 is 9.90 Å². The first kappa shape index (κ1) is 18.4. The minimum Gasteiger partial charge on any atom is -0.480 e. The van der Waals surface area contributed by atoms with Crippen LogP contribution in [-0.4, -0.2) is 73.2 Å². The Balaban J connectivity index is 2.80. The standard InChI is InChI=1S/C16H33N3O2/c1-6-17-16(15(20)21,14-7-8-14)12-19(11-13(2)3)10-9-18(4)5/h13-14,17H,6-12H2,1-5H3,(H,20,21). The van der Waals surface area contributed by atoms with E-state index in [1.165, 1.54) is 0 Å². The summed E-state index contributed by atoms with van der Waals surface area (Å²) in [6, 6.07) is 0. The summed E-state index contributed by atoms with van der Waals surface area (Å²) < 4.78 is 0. The van der Waals surface area contributed by atoms with E-state index in [-0.39, 0.29) is 5.92 Å². The molecule has 0 aromatic rings. The van der Waals surface area contributed by atoms with Gasteiger partial charge in [0.2, 0.25) is 0 Å². The van der Waals surface area contributed by atoms with Crippen LogP contribution in [0, 0.1) is 11.8 Å². The fourth-order valence-electron chi connectivity index (χ4n) is 2.98. The zero-order valence-electron chi connectivity index (χ0n) is 14.4. The molecule has 1 fully saturated rings. The molecule has 1 aliphatic carbocycles. The van der Waals surface area contributed by atoms with E-state index in [4.69, 9.17) is 0 Å². The minimum atomic E-state index is -0.768. The van der Waals surface area contributed by atoms with Crippen molar-refractivity contribution >= 4 is 5.97 Å². The molecule has 0 radical (unpaired) electrons. The third kappa shape index (κ3) is 5.57. The smallest absolute Gasteiger partial charge is 0.325 e. The van der Waals surface area contributed by atoms with E-state index < -0.39 is 11.5 Å². The fraction of sp³-hybridized carbons (Fsp3) is 0.938. The van der Waals surface area contributed by atoms with Gasteiger partial charge in [-0.1, -0.05) is 20.8 Å². The number of aliphatic carboxylic acids is 1. The largest absolute Gasteiger partial charge is 0.480 e. The number of rotatable bonds is 11. The molecular formula is C16H33N3O2. The van der Waals surface area contributed by atoms with Crippen LogP contribution in [0.15, 0.2) is 0 Å². The monoisotopic (exact) mass is 299 g/mol. The first-order valence-electron chi connectivity index (χ1n) is 8.17. The number of hydrogen-bond donors (Lipinski definition) is 2. The second-order valence-corrected chi connectivity index (χ2v) is 7.01. The number of hydrogen-bond acceptors (Lipinski definition) is 4. The van der Waals surface area contributed by atoms with Gasteiger partial charge in [0.25, 0.3) is 0 Å². The Morgan fingerprint density at radius 1 is 1.33 bits per heavy atom. The highest BCUT2D eigenvalue weighted by molar-refractivity contribution is 5.80. The molecule has 5 nitrogen and oxygen atoms in total. The third-order valence-corrected chi connectivity index (χ3v) is 4.11. The normalized spacial score (nSPS) is 18.5. The maximum absolute atomic E-state index is 12.0. The summed E-state index contributed by atoms with van der Waals surface area (Å²) >= 11 is 0. The van der Waals surface area contributed by atoms with Crippen LogP contribution in [0.1, 0.15) is 33.6 Å². The van der Waals surface area contributed by atoms with Gasteiger partial charge in [-0.2, -0.15) is 0 Å². The molecule has 1 rings (SSSR count). The Kier molecular flexibility index (Phi) is 7.10. The van der Waals surface area contributed by atoms with E-state index in [1.807, 2.05) is 6.92 Å². The molecule has 2 N–H and O–H groups in total. The predicted molar refractivity (Wildman–Crippen MR) is 86.6 cm³/mol. The van der Waals surface area contributed by atoms with Crippen LogP contribution in [0.3, 0.4) is 0 Å². The van der Waals surface area contributed by atoms with Crippen molar-refractivity contribution in [3.05, 3.63) is 0 Å². The Labute approximate surface area is 129 Å². The van der Waals surface area contributed by atoms with Gasteiger partial charge < -0.3 is 15.3 Å². The van der Waals surface area contributed by atoms with E-state index in [2.05, 4.69) is 43.1 Å². The molecule has 5 heteroatoms. The van der Waals surface area contributed by atoms with Gasteiger partial charge in [0.05, 0.1) is 0 Å². The SMILES string of the molecule is CCNC(CN(CCN(C)C)CC(C)C)(C(=O)O)C1CC1. The van der Waals surface area contributed by atoms with Gasteiger partial charge in [0, 0.05) is 26.2 Å². The van der Waals surface area contributed by atoms with Gasteiger partial charge in [-0.25, -0.2) is 0 Å². The van der Waals surface area contributed by atoms with E-state index in [9.17, 15) is 9.90 Å². The first-order valence-corrected chi connectivity index (χ1v) is 8.17. The molecule has 1 aliphatic rings. The molecule has 0 aromatic heterocycles. The fourth-order valence-corrected chi connectivity index (χ4v) is 2.98. The maximum atomic E-state index is 12.0. The van der Waals surface area contributed by atoms with Crippen LogP contribution in [0.4, 0.5) is 0 Å². The number of carbonyl (C=O) groups is 1. The van der Waals surface area contributed by atoms with E-state index in [0.29, 0.717) is 19.0 Å². The topological polar surface area (TPSA) is 55.8 Å². The highest BCUT2D eigenvalue weighted by Gasteiger charge is 2.51. The van der Waals surface area contributed by atoms with Crippen LogP contribution >= 0.6 is 0 Å². The Morgan fingerprint density at radius 2 is 1.95 bits per heavy atom. The lowest BCUT2D eigenvalue weighted by atomic mass is 9.91. The molecule has 0 aliphatic heterocycles. The number of nitrogens with one attached hydrogen (secondary N) is 1. The number of likely N-dealkylation sites (N-methyl/N-ethyl adjacent to an activating group) is 2. The summed E-state index contributed by atoms with van der Waals surface area (Å²) in [5.41, 5.74) is -0.768. The molecule has 124 valence electrons. The van der Waals surface area contributed by atoms with Crippen LogP contribution in [0.2, 0.25) is 0 Å². The predicted octanol–water partition coefficient (Wildman–Crippen LogP) is 1.35. The lowest BCUT2D eigenvalue weighted by Gasteiger charge is -2.37. The van der Waals surface area contributed by atoms with Crippen molar-refractivity contribution in [2.24, 2.45) is 11.8 Å². The molecule has 0 heterocycles. The second kappa shape index (κ2) is 8.11. The minimum absolute atomic E-state index is 0.281. The van der Waals surface area contributed by atoms with Crippen molar-refractivity contribution in [2.45, 2.75) is 39.2 Å². The molecule has 0 spiro atoms. The van der Waals surface area contributed by atoms with Crippen LogP contribution in [0.25, 0.3) is 0 Å². The Bertz CT molecular complexity index is 329. The zero-order valence-corrected chi connectivity index (χ0v) is 14.4. The average molecular weight is 299 g/mol. The van der Waals surface area contributed by atoms with Gasteiger partial charge in [-0.05, 0) is 45.3 Å². The summed E-state index contributed by atoms with van der Waals surface area (Å²) in [5.74, 6) is 0.133. The summed E-state index contributed by atoms with van der Waals surface area (Å²) in [4.78, 5) is 16.4. The van der Waals surface area contributed by atoms with Crippen LogP contribution in [-0.2, 0) is 4.79 Å². The molecule has 1 atom stereocenters. The summed E-state index contributed by atoms with van der Waals surface area (Å²) in [5, 5.41) is 13.1. The van der Waals surface area contributed by atoms with Crippen molar-refractivity contribution in [2.75, 3.05) is 46.8 Å². The summed E-state index contributed by atoms with van der Waals surface area (Å²) in [6.07, 6.45) is 2.06. The van der Waals surface area contributed by atoms with Gasteiger partial charge in [-0.15, -0.1) is 0 Å². The Morgan fingerprint density at radius 3 is 2.33 bits per heavy atom. The highest BCUT2D eigenvalue weighted by atomic mass is 16.4. The molecule has 21 heavy (non-hydrogen) atoms. The average Bonchev–Trinajstić information content (AvgIpc) is 3.18. The molecule has 1 unspecified atom stereocenters. The van der Waals surface area contributed by atoms with Gasteiger partial charge in [0.1, 0.15) is 5.54 Å². The number of nitrogens with zero attached hydrogens (tertiary/aromatic N) is 2.